The van der Waals surface area contributed by atoms with Gasteiger partial charge in [-0.25, -0.2) is 0 Å². The number of carbonyl (C=O) groups is 1. The van der Waals surface area contributed by atoms with Crippen molar-refractivity contribution in [2.75, 3.05) is 26.3 Å². The molecule has 2 atom stereocenters. The fourth-order valence-corrected chi connectivity index (χ4v) is 3.21. The van der Waals surface area contributed by atoms with E-state index >= 15 is 0 Å². The first kappa shape index (κ1) is 18.6. The number of benzene rings is 2. The zero-order valence-electron chi connectivity index (χ0n) is 14.8. The van der Waals surface area contributed by atoms with Crippen LogP contribution in [0.4, 0.5) is 0 Å². The van der Waals surface area contributed by atoms with Gasteiger partial charge < -0.3 is 14.9 Å². The van der Waals surface area contributed by atoms with E-state index in [1.807, 2.05) is 42.5 Å². The van der Waals surface area contributed by atoms with Crippen molar-refractivity contribution in [3.05, 3.63) is 65.7 Å². The number of nitrogens with zero attached hydrogens (tertiary/aromatic N) is 1. The average molecular weight is 355 g/mol. The summed E-state index contributed by atoms with van der Waals surface area (Å²) in [4.78, 5) is 14.2. The number of rotatable bonds is 7. The molecule has 0 bridgehead atoms. The summed E-state index contributed by atoms with van der Waals surface area (Å²) in [7, 11) is 0. The Morgan fingerprint density at radius 1 is 1.12 bits per heavy atom. The second-order valence-electron chi connectivity index (χ2n) is 6.76. The summed E-state index contributed by atoms with van der Waals surface area (Å²) in [6.45, 7) is 2.26. The van der Waals surface area contributed by atoms with Crippen molar-refractivity contribution in [1.82, 2.24) is 4.90 Å². The van der Waals surface area contributed by atoms with Gasteiger partial charge in [0.1, 0.15) is 5.75 Å². The Morgan fingerprint density at radius 2 is 1.85 bits per heavy atom. The van der Waals surface area contributed by atoms with E-state index in [4.69, 9.17) is 4.74 Å². The first-order chi connectivity index (χ1) is 12.7. The molecule has 138 valence electrons. The molecule has 1 saturated heterocycles. The van der Waals surface area contributed by atoms with E-state index in [-0.39, 0.29) is 24.9 Å². The minimum absolute atomic E-state index is 0.0100. The topological polar surface area (TPSA) is 70.0 Å². The third kappa shape index (κ3) is 4.91. The number of likely N-dealkylation sites (tertiary alicyclic amines) is 1. The van der Waals surface area contributed by atoms with Gasteiger partial charge in [-0.3, -0.25) is 9.69 Å². The van der Waals surface area contributed by atoms with Gasteiger partial charge in [0, 0.05) is 31.2 Å². The first-order valence-corrected chi connectivity index (χ1v) is 8.97. The van der Waals surface area contributed by atoms with Crippen LogP contribution in [0, 0.1) is 5.92 Å². The largest absolute Gasteiger partial charge is 0.485 e. The predicted molar refractivity (Wildman–Crippen MR) is 99.2 cm³/mol. The smallest absolute Gasteiger partial charge is 0.200 e. The van der Waals surface area contributed by atoms with Gasteiger partial charge in [-0.1, -0.05) is 42.5 Å². The van der Waals surface area contributed by atoms with Crippen molar-refractivity contribution in [2.45, 2.75) is 19.1 Å². The van der Waals surface area contributed by atoms with Crippen LogP contribution in [0.2, 0.25) is 0 Å². The Hall–Kier alpha value is -2.21. The highest BCUT2D eigenvalue weighted by Gasteiger charge is 2.26. The van der Waals surface area contributed by atoms with Crippen LogP contribution in [0.1, 0.15) is 22.3 Å². The van der Waals surface area contributed by atoms with Crippen molar-refractivity contribution in [3.63, 3.8) is 0 Å². The lowest BCUT2D eigenvalue weighted by Gasteiger charge is -2.35. The molecule has 0 saturated carbocycles. The van der Waals surface area contributed by atoms with E-state index in [1.54, 1.807) is 12.1 Å². The number of piperidine rings is 1. The minimum atomic E-state index is -0.472. The Morgan fingerprint density at radius 3 is 2.50 bits per heavy atom. The number of ketones is 1. The van der Waals surface area contributed by atoms with Gasteiger partial charge in [-0.05, 0) is 30.7 Å². The predicted octanol–water partition coefficient (Wildman–Crippen LogP) is 2.12. The number of aliphatic hydroxyl groups excluding tert-OH is 2. The van der Waals surface area contributed by atoms with E-state index in [0.29, 0.717) is 17.9 Å². The molecule has 2 N–H and O–H groups in total. The number of Topliss-reactive ketones (excluding diaryl/α,β-unsaturated/α-hetero) is 1. The zero-order valence-corrected chi connectivity index (χ0v) is 14.8. The van der Waals surface area contributed by atoms with Crippen molar-refractivity contribution in [1.29, 1.82) is 0 Å². The molecular formula is C21H25NO4. The molecule has 1 aliphatic rings. The van der Waals surface area contributed by atoms with E-state index in [9.17, 15) is 15.0 Å². The monoisotopic (exact) mass is 355 g/mol. The molecule has 1 heterocycles. The molecule has 2 aromatic rings. The summed E-state index contributed by atoms with van der Waals surface area (Å²) >= 11 is 0. The van der Waals surface area contributed by atoms with Gasteiger partial charge in [-0.2, -0.15) is 0 Å². The van der Waals surface area contributed by atoms with E-state index < -0.39 is 6.10 Å². The summed E-state index contributed by atoms with van der Waals surface area (Å²) in [5.74, 6) is 0.608. The molecule has 5 nitrogen and oxygen atoms in total. The average Bonchev–Trinajstić information content (AvgIpc) is 2.68. The van der Waals surface area contributed by atoms with Crippen LogP contribution < -0.4 is 4.74 Å². The molecule has 26 heavy (non-hydrogen) atoms. The maximum Gasteiger partial charge on any atom is 0.200 e. The van der Waals surface area contributed by atoms with Crippen LogP contribution in [0.15, 0.2) is 54.6 Å². The normalized spacial score (nSPS) is 20.7. The molecule has 3 rings (SSSR count). The van der Waals surface area contributed by atoms with Crippen LogP contribution in [0.5, 0.6) is 5.75 Å². The first-order valence-electron chi connectivity index (χ1n) is 8.97. The van der Waals surface area contributed by atoms with Crippen LogP contribution in [0.25, 0.3) is 0 Å². The van der Waals surface area contributed by atoms with Gasteiger partial charge in [0.15, 0.2) is 12.4 Å². The lowest BCUT2D eigenvalue weighted by atomic mass is 9.94. The summed E-state index contributed by atoms with van der Waals surface area (Å²) in [6, 6.07) is 16.8. The van der Waals surface area contributed by atoms with Gasteiger partial charge in [0.05, 0.1) is 6.10 Å². The second-order valence-corrected chi connectivity index (χ2v) is 6.76. The van der Waals surface area contributed by atoms with Crippen LogP contribution >= 0.6 is 0 Å². The molecule has 0 aliphatic carbocycles. The molecule has 0 spiro atoms. The highest BCUT2D eigenvalue weighted by Crippen LogP contribution is 2.20. The molecule has 5 heteroatoms. The van der Waals surface area contributed by atoms with Crippen molar-refractivity contribution in [2.24, 2.45) is 5.92 Å². The minimum Gasteiger partial charge on any atom is -0.485 e. The summed E-state index contributed by atoms with van der Waals surface area (Å²) < 4.78 is 5.58. The maximum atomic E-state index is 12.1. The van der Waals surface area contributed by atoms with Crippen LogP contribution in [0.3, 0.4) is 0 Å². The molecule has 2 aromatic carbocycles. The van der Waals surface area contributed by atoms with Crippen LogP contribution in [-0.4, -0.2) is 53.3 Å². The Bertz CT molecular complexity index is 702. The number of hydrogen-bond acceptors (Lipinski definition) is 5. The standard InChI is InChI=1S/C21H25NO4/c23-14-18-10-11-22(13-20(18)24)12-16-6-8-19(9-7-16)26-15-21(25)17-4-2-1-3-5-17/h1-9,18,20,23-24H,10-15H2/t18-,20-/m1/s1. The summed E-state index contributed by atoms with van der Waals surface area (Å²) in [5, 5.41) is 19.2. The summed E-state index contributed by atoms with van der Waals surface area (Å²) in [5.41, 5.74) is 1.77. The molecule has 0 unspecified atom stereocenters. The number of ether oxygens (including phenoxy) is 1. The molecule has 0 radical (unpaired) electrons. The van der Waals surface area contributed by atoms with E-state index in [1.165, 1.54) is 0 Å². The molecular weight excluding hydrogens is 330 g/mol. The highest BCUT2D eigenvalue weighted by atomic mass is 16.5. The Kier molecular flexibility index (Phi) is 6.39. The third-order valence-corrected chi connectivity index (χ3v) is 4.84. The lowest BCUT2D eigenvalue weighted by Crippen LogP contribution is -2.44. The van der Waals surface area contributed by atoms with Gasteiger partial charge >= 0.3 is 0 Å². The fourth-order valence-electron chi connectivity index (χ4n) is 3.21. The van der Waals surface area contributed by atoms with Gasteiger partial charge in [-0.15, -0.1) is 0 Å². The molecule has 0 amide bonds. The van der Waals surface area contributed by atoms with Crippen LogP contribution in [-0.2, 0) is 6.54 Å². The number of hydrogen-bond donors (Lipinski definition) is 2. The van der Waals surface area contributed by atoms with Gasteiger partial charge in [0.2, 0.25) is 0 Å². The number of carbonyl (C=O) groups excluding carboxylic acids is 1. The lowest BCUT2D eigenvalue weighted by molar-refractivity contribution is -0.00444. The molecule has 0 aromatic heterocycles. The van der Waals surface area contributed by atoms with E-state index in [2.05, 4.69) is 4.90 Å². The highest BCUT2D eigenvalue weighted by molar-refractivity contribution is 5.97. The maximum absolute atomic E-state index is 12.1. The third-order valence-electron chi connectivity index (χ3n) is 4.84. The fraction of sp³-hybridized carbons (Fsp3) is 0.381. The quantitative estimate of drug-likeness (QED) is 0.745. The SMILES string of the molecule is O=C(COc1ccc(CN2CC[C@H](CO)[C@H](O)C2)cc1)c1ccccc1. The zero-order chi connectivity index (χ0) is 18.4. The molecule has 1 fully saturated rings. The summed E-state index contributed by atoms with van der Waals surface area (Å²) in [6.07, 6.45) is 0.334. The number of aliphatic hydroxyl groups is 2. The van der Waals surface area contributed by atoms with Crippen molar-refractivity contribution < 1.29 is 19.7 Å². The van der Waals surface area contributed by atoms with E-state index in [0.717, 1.165) is 25.1 Å². The van der Waals surface area contributed by atoms with Gasteiger partial charge in [0.25, 0.3) is 0 Å². The van der Waals surface area contributed by atoms with Crippen molar-refractivity contribution >= 4 is 5.78 Å². The molecule has 1 aliphatic heterocycles. The van der Waals surface area contributed by atoms with Crippen molar-refractivity contribution in [3.8, 4) is 5.75 Å². The second kappa shape index (κ2) is 8.94. The Labute approximate surface area is 153 Å². The Balaban J connectivity index is 1.49. The number of β-amino-alcohol motifs (C(OH)–C–C–N with tert-alkyl or cyclic N) is 1.